The summed E-state index contributed by atoms with van der Waals surface area (Å²) in [5, 5.41) is 17.0. The molecule has 0 saturated carbocycles. The van der Waals surface area contributed by atoms with Crippen LogP contribution in [0.5, 0.6) is 0 Å². The summed E-state index contributed by atoms with van der Waals surface area (Å²) >= 11 is 0. The third-order valence-corrected chi connectivity index (χ3v) is 3.30. The van der Waals surface area contributed by atoms with Crippen LogP contribution in [-0.2, 0) is 4.74 Å². The van der Waals surface area contributed by atoms with E-state index in [2.05, 4.69) is 15.2 Å². The van der Waals surface area contributed by atoms with Gasteiger partial charge in [-0.05, 0) is 29.4 Å². The van der Waals surface area contributed by atoms with Gasteiger partial charge in [0.1, 0.15) is 0 Å². The van der Waals surface area contributed by atoms with Crippen LogP contribution >= 0.6 is 0 Å². The fourth-order valence-corrected chi connectivity index (χ4v) is 2.47. The highest BCUT2D eigenvalue weighted by atomic mass is 16.6. The van der Waals surface area contributed by atoms with E-state index in [0.717, 1.165) is 12.2 Å². The zero-order chi connectivity index (χ0) is 13.4. The molecule has 0 amide bonds. The number of nitrogens with zero attached hydrogens (tertiary/aromatic N) is 3. The molecule has 2 atom stereocenters. The normalized spacial score (nSPS) is 24.0. The number of rotatable bonds is 2. The molecule has 0 bridgehead atoms. The minimum absolute atomic E-state index is 0.00395. The molecule has 3 rings (SSSR count). The average Bonchev–Trinajstić information content (AvgIpc) is 2.88. The molecule has 7 nitrogen and oxygen atoms in total. The molecule has 1 saturated heterocycles. The Balaban J connectivity index is 1.99. The zero-order valence-corrected chi connectivity index (χ0v) is 10.6. The van der Waals surface area contributed by atoms with Crippen molar-refractivity contribution in [1.82, 2.24) is 10.3 Å². The number of anilines is 2. The fraction of sp³-hybridized carbons (Fsp3) is 0.500. The lowest BCUT2D eigenvalue weighted by Crippen LogP contribution is -2.48. The predicted octanol–water partition coefficient (Wildman–Crippen LogP) is 0.391. The largest absolute Gasteiger partial charge is 0.397 e. The van der Waals surface area contributed by atoms with E-state index in [9.17, 15) is 5.11 Å². The topological polar surface area (TPSA) is 97.6 Å². The first-order chi connectivity index (χ1) is 9.19. The molecule has 1 aromatic carbocycles. The smallest absolute Gasteiger partial charge is 0.160 e. The number of hydrogen-bond acceptors (Lipinski definition) is 7. The van der Waals surface area contributed by atoms with Gasteiger partial charge in [0, 0.05) is 13.1 Å². The summed E-state index contributed by atoms with van der Waals surface area (Å²) in [4.78, 5) is 2.11. The Morgan fingerprint density at radius 2 is 2.16 bits per heavy atom. The number of aliphatic hydroxyl groups is 1. The van der Waals surface area contributed by atoms with Crippen LogP contribution in [-0.4, -0.2) is 47.3 Å². The van der Waals surface area contributed by atoms with Crippen molar-refractivity contribution >= 4 is 22.4 Å². The Morgan fingerprint density at radius 1 is 1.37 bits per heavy atom. The number of benzene rings is 1. The molecule has 1 aliphatic heterocycles. The highest BCUT2D eigenvalue weighted by Gasteiger charge is 2.27. The summed E-state index contributed by atoms with van der Waals surface area (Å²) in [6.45, 7) is 3.30. The number of nitrogens with two attached hydrogens (primary N) is 1. The van der Waals surface area contributed by atoms with E-state index in [0.29, 0.717) is 23.3 Å². The first-order valence-corrected chi connectivity index (χ1v) is 6.21. The van der Waals surface area contributed by atoms with E-state index in [4.69, 9.17) is 15.1 Å². The molecule has 2 heterocycles. The summed E-state index contributed by atoms with van der Waals surface area (Å²) in [5.74, 6) is 0. The van der Waals surface area contributed by atoms with Crippen molar-refractivity contribution in [2.24, 2.45) is 0 Å². The molecule has 2 aromatic rings. The molecular weight excluding hydrogens is 248 g/mol. The molecule has 2 unspecified atom stereocenters. The molecule has 7 heteroatoms. The van der Waals surface area contributed by atoms with Gasteiger partial charge >= 0.3 is 0 Å². The number of morpholine rings is 1. The maximum atomic E-state index is 9.27. The van der Waals surface area contributed by atoms with Gasteiger partial charge < -0.3 is 20.5 Å². The van der Waals surface area contributed by atoms with Gasteiger partial charge in [0.2, 0.25) is 0 Å². The Hall–Kier alpha value is -1.86. The lowest BCUT2D eigenvalue weighted by molar-refractivity contribution is -0.0420. The second-order valence-electron chi connectivity index (χ2n) is 4.79. The molecular formula is C12H16N4O3. The highest BCUT2D eigenvalue weighted by Crippen LogP contribution is 2.30. The fourth-order valence-electron chi connectivity index (χ4n) is 2.47. The molecule has 0 aliphatic carbocycles. The molecule has 1 aliphatic rings. The van der Waals surface area contributed by atoms with E-state index in [1.807, 2.05) is 13.0 Å². The van der Waals surface area contributed by atoms with Crippen LogP contribution < -0.4 is 10.6 Å². The Labute approximate surface area is 109 Å². The van der Waals surface area contributed by atoms with Gasteiger partial charge in [-0.15, -0.1) is 0 Å². The standard InChI is InChI=1S/C12H16N4O3/c1-7-4-16(5-8(6-17)18-7)10-3-2-9(13)11-12(10)15-19-14-11/h2-3,7-8,17H,4-6,13H2,1H3. The Morgan fingerprint density at radius 3 is 2.95 bits per heavy atom. The van der Waals surface area contributed by atoms with E-state index in [-0.39, 0.29) is 18.8 Å². The predicted molar refractivity (Wildman–Crippen MR) is 69.9 cm³/mol. The summed E-state index contributed by atoms with van der Waals surface area (Å²) in [6, 6.07) is 3.68. The van der Waals surface area contributed by atoms with Gasteiger partial charge in [-0.25, -0.2) is 4.63 Å². The van der Waals surface area contributed by atoms with Gasteiger partial charge in [-0.2, -0.15) is 0 Å². The van der Waals surface area contributed by atoms with Crippen LogP contribution in [0.25, 0.3) is 11.0 Å². The second-order valence-corrected chi connectivity index (χ2v) is 4.79. The quantitative estimate of drug-likeness (QED) is 0.757. The van der Waals surface area contributed by atoms with Crippen molar-refractivity contribution in [2.75, 3.05) is 30.3 Å². The van der Waals surface area contributed by atoms with E-state index < -0.39 is 0 Å². The first-order valence-electron chi connectivity index (χ1n) is 6.21. The van der Waals surface area contributed by atoms with Crippen LogP contribution in [0.1, 0.15) is 6.92 Å². The highest BCUT2D eigenvalue weighted by molar-refractivity contribution is 5.95. The minimum Gasteiger partial charge on any atom is -0.397 e. The van der Waals surface area contributed by atoms with Gasteiger partial charge in [-0.3, -0.25) is 0 Å². The van der Waals surface area contributed by atoms with Crippen molar-refractivity contribution in [1.29, 1.82) is 0 Å². The molecule has 102 valence electrons. The van der Waals surface area contributed by atoms with Crippen LogP contribution in [0.15, 0.2) is 16.8 Å². The minimum atomic E-state index is -0.198. The Kier molecular flexibility index (Phi) is 3.00. The SMILES string of the molecule is CC1CN(c2ccc(N)c3nonc23)CC(CO)O1. The van der Waals surface area contributed by atoms with Crippen molar-refractivity contribution < 1.29 is 14.5 Å². The summed E-state index contributed by atoms with van der Waals surface area (Å²) in [6.07, 6.45) is -0.158. The summed E-state index contributed by atoms with van der Waals surface area (Å²) < 4.78 is 10.4. The number of ether oxygens (including phenoxy) is 1. The van der Waals surface area contributed by atoms with Crippen LogP contribution in [0.2, 0.25) is 0 Å². The van der Waals surface area contributed by atoms with Crippen LogP contribution in [0, 0.1) is 0 Å². The summed E-state index contributed by atoms with van der Waals surface area (Å²) in [5.41, 5.74) is 8.49. The van der Waals surface area contributed by atoms with Crippen molar-refractivity contribution in [2.45, 2.75) is 19.1 Å². The average molecular weight is 264 g/mol. The molecule has 0 spiro atoms. The first kappa shape index (κ1) is 12.2. The molecule has 3 N–H and O–H groups in total. The zero-order valence-electron chi connectivity index (χ0n) is 10.6. The number of aliphatic hydroxyl groups excluding tert-OH is 1. The van der Waals surface area contributed by atoms with Gasteiger partial charge in [0.15, 0.2) is 11.0 Å². The lowest BCUT2D eigenvalue weighted by atomic mass is 10.1. The molecule has 1 aromatic heterocycles. The lowest BCUT2D eigenvalue weighted by Gasteiger charge is -2.37. The monoisotopic (exact) mass is 264 g/mol. The van der Waals surface area contributed by atoms with E-state index in [1.165, 1.54) is 0 Å². The van der Waals surface area contributed by atoms with E-state index in [1.54, 1.807) is 6.07 Å². The van der Waals surface area contributed by atoms with E-state index >= 15 is 0 Å². The maximum absolute atomic E-state index is 9.27. The van der Waals surface area contributed by atoms with Crippen LogP contribution in [0.3, 0.4) is 0 Å². The number of nitrogen functional groups attached to an aromatic ring is 1. The van der Waals surface area contributed by atoms with Gasteiger partial charge in [0.05, 0.1) is 30.2 Å². The summed E-state index contributed by atoms with van der Waals surface area (Å²) in [7, 11) is 0. The van der Waals surface area contributed by atoms with Crippen LogP contribution in [0.4, 0.5) is 11.4 Å². The molecule has 1 fully saturated rings. The van der Waals surface area contributed by atoms with Gasteiger partial charge in [0.25, 0.3) is 0 Å². The van der Waals surface area contributed by atoms with Crippen molar-refractivity contribution in [3.8, 4) is 0 Å². The third kappa shape index (κ3) is 2.11. The van der Waals surface area contributed by atoms with Gasteiger partial charge in [-0.1, -0.05) is 0 Å². The number of fused-ring (bicyclic) bond motifs is 1. The number of hydrogen-bond donors (Lipinski definition) is 2. The number of aromatic nitrogens is 2. The molecule has 19 heavy (non-hydrogen) atoms. The second kappa shape index (κ2) is 4.67. The molecule has 0 radical (unpaired) electrons. The maximum Gasteiger partial charge on any atom is 0.160 e. The van der Waals surface area contributed by atoms with Crippen molar-refractivity contribution in [3.63, 3.8) is 0 Å². The Bertz CT molecular complexity index is 585. The third-order valence-electron chi connectivity index (χ3n) is 3.30. The van der Waals surface area contributed by atoms with Crippen molar-refractivity contribution in [3.05, 3.63) is 12.1 Å².